The zero-order valence-electron chi connectivity index (χ0n) is 29.3. The van der Waals surface area contributed by atoms with Gasteiger partial charge in [0.05, 0.1) is 6.04 Å². The van der Waals surface area contributed by atoms with Crippen LogP contribution in [0.15, 0.2) is 53.3 Å². The van der Waals surface area contributed by atoms with Gasteiger partial charge in [0.1, 0.15) is 29.0 Å². The Bertz CT molecular complexity index is 1980. The lowest BCUT2D eigenvalue weighted by atomic mass is 9.96. The molecule has 1 aliphatic heterocycles. The van der Waals surface area contributed by atoms with E-state index >= 15 is 0 Å². The number of amides is 2. The second kappa shape index (κ2) is 12.9. The van der Waals surface area contributed by atoms with Gasteiger partial charge < -0.3 is 29.4 Å². The van der Waals surface area contributed by atoms with Crippen molar-refractivity contribution < 1.29 is 18.8 Å². The molecule has 0 spiro atoms. The zero-order valence-corrected chi connectivity index (χ0v) is 29.3. The monoisotopic (exact) mass is 665 g/mol. The molecule has 13 heteroatoms. The van der Waals surface area contributed by atoms with Crippen LogP contribution >= 0.6 is 0 Å². The molecule has 6 rings (SSSR count). The third kappa shape index (κ3) is 7.40. The molecule has 13 nitrogen and oxygen atoms in total. The number of piperazine rings is 1. The number of aryl methyl sites for hydroxylation is 1. The maximum atomic E-state index is 12.8. The van der Waals surface area contributed by atoms with Crippen molar-refractivity contribution in [3.05, 3.63) is 71.6 Å². The molecule has 256 valence electrons. The Morgan fingerprint density at radius 2 is 1.63 bits per heavy atom. The van der Waals surface area contributed by atoms with Crippen molar-refractivity contribution in [2.45, 2.75) is 72.4 Å². The van der Waals surface area contributed by atoms with Crippen LogP contribution in [0, 0.1) is 6.92 Å². The van der Waals surface area contributed by atoms with E-state index in [0.29, 0.717) is 41.6 Å². The number of hydrogen-bond acceptors (Lipinski definition) is 10. The van der Waals surface area contributed by atoms with Crippen molar-refractivity contribution in [2.75, 3.05) is 31.1 Å². The topological polar surface area (TPSA) is 155 Å². The molecule has 1 atom stereocenters. The molecule has 1 fully saturated rings. The molecule has 2 N–H and O–H groups in total. The number of hydrogen-bond donors (Lipinski definition) is 2. The number of nitrogens with one attached hydrogen (secondary N) is 2. The van der Waals surface area contributed by atoms with E-state index in [1.54, 1.807) is 4.90 Å². The average molecular weight is 666 g/mol. The number of ether oxygens (including phenoxy) is 1. The maximum absolute atomic E-state index is 12.8. The van der Waals surface area contributed by atoms with Gasteiger partial charge in [-0.05, 0) is 76.1 Å². The van der Waals surface area contributed by atoms with Gasteiger partial charge in [0, 0.05) is 48.4 Å². The predicted octanol–water partition coefficient (Wildman–Crippen LogP) is 6.22. The molecule has 0 aliphatic carbocycles. The summed E-state index contributed by atoms with van der Waals surface area (Å²) in [5, 5.41) is 6.92. The lowest BCUT2D eigenvalue weighted by Gasteiger charge is -2.36. The van der Waals surface area contributed by atoms with Crippen molar-refractivity contribution in [3.8, 4) is 22.6 Å². The Kier molecular flexibility index (Phi) is 8.86. The first-order valence-electron chi connectivity index (χ1n) is 16.5. The summed E-state index contributed by atoms with van der Waals surface area (Å²) in [7, 11) is 0. The molecule has 49 heavy (non-hydrogen) atoms. The number of imidazole rings is 1. The first kappa shape index (κ1) is 33.6. The van der Waals surface area contributed by atoms with Crippen LogP contribution in [0.1, 0.15) is 82.1 Å². The summed E-state index contributed by atoms with van der Waals surface area (Å²) in [5.41, 5.74) is 6.00. The Hall–Kier alpha value is -5.33. The molecule has 3 aromatic heterocycles. The number of nitrogens with zero attached hydrogens (tertiary/aromatic N) is 7. The molecule has 1 aliphatic rings. The third-order valence-electron chi connectivity index (χ3n) is 8.37. The van der Waals surface area contributed by atoms with Crippen LogP contribution in [0.2, 0.25) is 0 Å². The summed E-state index contributed by atoms with van der Waals surface area (Å²) in [6.07, 6.45) is 1.26. The minimum absolute atomic E-state index is 0.0588. The molecule has 2 aromatic carbocycles. The lowest BCUT2D eigenvalue weighted by Crippen LogP contribution is -2.50. The minimum Gasteiger partial charge on any atom is -0.444 e. The summed E-state index contributed by atoms with van der Waals surface area (Å²) in [6.45, 7) is 18.1. The molecule has 2 amide bonds. The molecular formula is C36H43N9O4. The van der Waals surface area contributed by atoms with Crippen LogP contribution in [-0.2, 0) is 10.2 Å². The smallest absolute Gasteiger partial charge is 0.410 e. The Labute approximate surface area is 285 Å². The average Bonchev–Trinajstić information content (AvgIpc) is 3.73. The number of rotatable bonds is 6. The van der Waals surface area contributed by atoms with E-state index in [1.165, 1.54) is 6.33 Å². The second-order valence-electron chi connectivity index (χ2n) is 14.4. The molecule has 0 unspecified atom stereocenters. The molecule has 5 aromatic rings. The van der Waals surface area contributed by atoms with Gasteiger partial charge in [-0.25, -0.2) is 19.7 Å². The lowest BCUT2D eigenvalue weighted by molar-refractivity contribution is 0.0240. The highest BCUT2D eigenvalue weighted by atomic mass is 16.6. The molecule has 0 bridgehead atoms. The number of carbonyl (C=O) groups excluding carboxylic acids is 2. The zero-order chi connectivity index (χ0) is 35.1. The van der Waals surface area contributed by atoms with Crippen LogP contribution in [0.5, 0.6) is 0 Å². The van der Waals surface area contributed by atoms with Gasteiger partial charge in [-0.3, -0.25) is 4.79 Å². The van der Waals surface area contributed by atoms with E-state index in [-0.39, 0.29) is 23.4 Å². The van der Waals surface area contributed by atoms with Gasteiger partial charge in [-0.1, -0.05) is 38.1 Å². The van der Waals surface area contributed by atoms with E-state index in [0.717, 1.165) is 41.0 Å². The van der Waals surface area contributed by atoms with Crippen molar-refractivity contribution >= 4 is 28.9 Å². The minimum atomic E-state index is -0.509. The fraction of sp³-hybridized carbons (Fsp3) is 0.417. The Balaban J connectivity index is 1.14. The molecule has 0 radical (unpaired) electrons. The maximum Gasteiger partial charge on any atom is 0.410 e. The Morgan fingerprint density at radius 3 is 2.27 bits per heavy atom. The number of H-pyrrole nitrogens is 1. The van der Waals surface area contributed by atoms with E-state index in [4.69, 9.17) is 14.2 Å². The fourth-order valence-corrected chi connectivity index (χ4v) is 5.75. The Morgan fingerprint density at radius 1 is 0.939 bits per heavy atom. The summed E-state index contributed by atoms with van der Waals surface area (Å²) in [6, 6.07) is 13.9. The van der Waals surface area contributed by atoms with E-state index in [2.05, 4.69) is 47.4 Å². The van der Waals surface area contributed by atoms with E-state index in [1.807, 2.05) is 85.7 Å². The van der Waals surface area contributed by atoms with Crippen LogP contribution < -0.4 is 10.2 Å². The predicted molar refractivity (Wildman–Crippen MR) is 186 cm³/mol. The number of aromatic amines is 1. The third-order valence-corrected chi connectivity index (χ3v) is 8.37. The van der Waals surface area contributed by atoms with Gasteiger partial charge in [0.15, 0.2) is 11.5 Å². The quantitative estimate of drug-likeness (QED) is 0.213. The highest BCUT2D eigenvalue weighted by molar-refractivity contribution is 5.90. The number of carbonyl (C=O) groups is 2. The van der Waals surface area contributed by atoms with Gasteiger partial charge in [0.25, 0.3) is 0 Å². The van der Waals surface area contributed by atoms with Gasteiger partial charge in [0.2, 0.25) is 0 Å². The first-order chi connectivity index (χ1) is 23.2. The van der Waals surface area contributed by atoms with E-state index < -0.39 is 11.5 Å². The number of anilines is 1. The second-order valence-corrected chi connectivity index (χ2v) is 14.4. The normalized spacial score (nSPS) is 14.6. The number of benzene rings is 2. The van der Waals surface area contributed by atoms with Crippen molar-refractivity contribution in [3.63, 3.8) is 0 Å². The van der Waals surface area contributed by atoms with Gasteiger partial charge >= 0.3 is 17.9 Å². The van der Waals surface area contributed by atoms with Gasteiger partial charge in [-0.2, -0.15) is 4.98 Å². The van der Waals surface area contributed by atoms with Crippen LogP contribution in [0.3, 0.4) is 0 Å². The highest BCUT2D eigenvalue weighted by Gasteiger charge is 2.27. The molecule has 4 heterocycles. The number of aromatic nitrogens is 6. The van der Waals surface area contributed by atoms with Gasteiger partial charge in [-0.15, -0.1) is 0 Å². The summed E-state index contributed by atoms with van der Waals surface area (Å²) in [5.74, 6) is 0.691. The van der Waals surface area contributed by atoms with Crippen molar-refractivity contribution in [1.82, 2.24) is 40.3 Å². The standard InChI is InChI=1S/C36H43N9O4/c1-21-19-24(11-14-26(21)22(2)39-31(46)32-42-33(43-49-32)35(3,4)5)27-28-30(38-20-37-27)41-29(40-28)23-9-12-25(13-10-23)44-15-17-45(18-16-44)34(47)48-36(6,7)8/h9-14,19-20,22H,15-18H2,1-8H3,(H,39,46)(H,37,38,40,41)/t22-/m1/s1. The van der Waals surface area contributed by atoms with E-state index in [9.17, 15) is 9.59 Å². The number of fused-ring (bicyclic) bond motifs is 1. The summed E-state index contributed by atoms with van der Waals surface area (Å²) in [4.78, 5) is 50.9. The largest absolute Gasteiger partial charge is 0.444 e. The van der Waals surface area contributed by atoms with Crippen molar-refractivity contribution in [1.29, 1.82) is 0 Å². The fourth-order valence-electron chi connectivity index (χ4n) is 5.75. The SMILES string of the molecule is Cc1cc(-c2ncnc3[nH]c(-c4ccc(N5CCN(C(=O)OC(C)(C)C)CC5)cc4)nc23)ccc1[C@@H](C)NC(=O)c1nc(C(C)(C)C)no1. The van der Waals surface area contributed by atoms with Crippen LogP contribution in [-0.4, -0.2) is 78.8 Å². The molecule has 1 saturated heterocycles. The molecular weight excluding hydrogens is 622 g/mol. The highest BCUT2D eigenvalue weighted by Crippen LogP contribution is 2.31. The van der Waals surface area contributed by atoms with Crippen molar-refractivity contribution in [2.24, 2.45) is 0 Å². The first-order valence-corrected chi connectivity index (χ1v) is 16.5. The summed E-state index contributed by atoms with van der Waals surface area (Å²) < 4.78 is 10.7. The van der Waals surface area contributed by atoms with Crippen LogP contribution in [0.4, 0.5) is 10.5 Å². The van der Waals surface area contributed by atoms with Crippen LogP contribution in [0.25, 0.3) is 33.8 Å². The summed E-state index contributed by atoms with van der Waals surface area (Å²) >= 11 is 0. The molecule has 0 saturated carbocycles.